The molecule has 0 aliphatic heterocycles. The van der Waals surface area contributed by atoms with Gasteiger partial charge in [0.1, 0.15) is 5.82 Å². The smallest absolute Gasteiger partial charge is 0.129 e. The van der Waals surface area contributed by atoms with Gasteiger partial charge in [0.25, 0.3) is 0 Å². The molecule has 1 heterocycles. The molecule has 3 heteroatoms. The van der Waals surface area contributed by atoms with E-state index in [1.54, 1.807) is 0 Å². The highest BCUT2D eigenvalue weighted by Gasteiger charge is 2.15. The maximum absolute atomic E-state index is 4.59. The number of aryl methyl sites for hydroxylation is 2. The lowest BCUT2D eigenvalue weighted by Gasteiger charge is -2.18. The zero-order valence-corrected chi connectivity index (χ0v) is 11.3. The van der Waals surface area contributed by atoms with Crippen LogP contribution in [-0.4, -0.2) is 17.0 Å². The molecule has 16 heavy (non-hydrogen) atoms. The highest BCUT2D eigenvalue weighted by atomic mass is 14.9. The van der Waals surface area contributed by atoms with Crippen LogP contribution >= 0.6 is 0 Å². The maximum Gasteiger partial charge on any atom is 0.129 e. The van der Waals surface area contributed by atoms with Gasteiger partial charge >= 0.3 is 0 Å². The number of nitrogens with one attached hydrogen (secondary N) is 1. The molecule has 0 saturated carbocycles. The Morgan fingerprint density at radius 3 is 1.94 bits per heavy atom. The van der Waals surface area contributed by atoms with Crippen LogP contribution in [0.25, 0.3) is 0 Å². The first-order chi connectivity index (χ1) is 7.33. The van der Waals surface area contributed by atoms with Gasteiger partial charge in [0.2, 0.25) is 0 Å². The molecular weight excluding hydrogens is 198 g/mol. The summed E-state index contributed by atoms with van der Waals surface area (Å²) in [6, 6.07) is 0. The number of nitrogens with zero attached hydrogens (tertiary/aromatic N) is 2. The average molecular weight is 221 g/mol. The summed E-state index contributed by atoms with van der Waals surface area (Å²) in [5.41, 5.74) is 3.66. The second kappa shape index (κ2) is 4.91. The number of aromatic nitrogens is 2. The van der Waals surface area contributed by atoms with Gasteiger partial charge in [-0.1, -0.05) is 20.8 Å². The van der Waals surface area contributed by atoms with Gasteiger partial charge in [0, 0.05) is 29.9 Å². The van der Waals surface area contributed by atoms with E-state index in [0.29, 0.717) is 0 Å². The Hall–Kier alpha value is -0.960. The highest BCUT2D eigenvalue weighted by molar-refractivity contribution is 5.24. The van der Waals surface area contributed by atoms with Gasteiger partial charge in [-0.05, 0) is 26.3 Å². The van der Waals surface area contributed by atoms with Crippen LogP contribution in [0.5, 0.6) is 0 Å². The van der Waals surface area contributed by atoms with E-state index in [0.717, 1.165) is 30.2 Å². The molecule has 90 valence electrons. The molecule has 0 saturated heterocycles. The molecule has 1 aromatic rings. The standard InChI is InChI=1S/C13H23N3/c1-9-11(8-14-6)10(2)16-12(15-9)7-13(3,4)5/h14H,7-8H2,1-6H3. The van der Waals surface area contributed by atoms with Gasteiger partial charge in [0.15, 0.2) is 0 Å². The quantitative estimate of drug-likeness (QED) is 0.851. The zero-order valence-electron chi connectivity index (χ0n) is 11.3. The summed E-state index contributed by atoms with van der Waals surface area (Å²) < 4.78 is 0. The summed E-state index contributed by atoms with van der Waals surface area (Å²) in [6.45, 7) is 11.6. The van der Waals surface area contributed by atoms with Crippen LogP contribution in [0.15, 0.2) is 0 Å². The third kappa shape index (κ3) is 3.56. The first-order valence-corrected chi connectivity index (χ1v) is 5.81. The highest BCUT2D eigenvalue weighted by Crippen LogP contribution is 2.19. The fourth-order valence-electron chi connectivity index (χ4n) is 1.79. The van der Waals surface area contributed by atoms with Gasteiger partial charge in [-0.3, -0.25) is 0 Å². The van der Waals surface area contributed by atoms with Gasteiger partial charge in [0.05, 0.1) is 0 Å². The lowest BCUT2D eigenvalue weighted by Crippen LogP contribution is -2.16. The van der Waals surface area contributed by atoms with Gasteiger partial charge in [-0.15, -0.1) is 0 Å². The van der Waals surface area contributed by atoms with E-state index >= 15 is 0 Å². The van der Waals surface area contributed by atoms with Crippen LogP contribution in [0, 0.1) is 19.3 Å². The number of rotatable bonds is 3. The molecule has 0 aliphatic rings. The molecule has 0 amide bonds. The minimum Gasteiger partial charge on any atom is -0.316 e. The Labute approximate surface area is 98.7 Å². The molecule has 1 N–H and O–H groups in total. The van der Waals surface area contributed by atoms with E-state index < -0.39 is 0 Å². The second-order valence-electron chi connectivity index (χ2n) is 5.56. The molecule has 0 atom stereocenters. The topological polar surface area (TPSA) is 37.8 Å². The Balaban J connectivity index is 3.00. The summed E-state index contributed by atoms with van der Waals surface area (Å²) >= 11 is 0. The van der Waals surface area contributed by atoms with E-state index in [1.807, 2.05) is 7.05 Å². The molecule has 3 nitrogen and oxygen atoms in total. The van der Waals surface area contributed by atoms with Crippen molar-refractivity contribution in [1.29, 1.82) is 0 Å². The Kier molecular flexibility index (Phi) is 4.03. The average Bonchev–Trinajstić information content (AvgIpc) is 2.08. The van der Waals surface area contributed by atoms with Crippen molar-refractivity contribution in [3.05, 3.63) is 22.8 Å². The fourth-order valence-corrected chi connectivity index (χ4v) is 1.79. The molecule has 0 aromatic carbocycles. The monoisotopic (exact) mass is 221 g/mol. The fraction of sp³-hybridized carbons (Fsp3) is 0.692. The summed E-state index contributed by atoms with van der Waals surface area (Å²) in [4.78, 5) is 9.17. The molecule has 0 spiro atoms. The second-order valence-corrected chi connectivity index (χ2v) is 5.56. The molecule has 1 aromatic heterocycles. The van der Waals surface area contributed by atoms with Crippen molar-refractivity contribution in [3.8, 4) is 0 Å². The molecule has 0 aliphatic carbocycles. The van der Waals surface area contributed by atoms with E-state index in [2.05, 4.69) is 49.9 Å². The largest absolute Gasteiger partial charge is 0.316 e. The van der Waals surface area contributed by atoms with Crippen molar-refractivity contribution < 1.29 is 0 Å². The van der Waals surface area contributed by atoms with E-state index in [1.165, 1.54) is 5.56 Å². The zero-order chi connectivity index (χ0) is 12.3. The molecule has 0 fully saturated rings. The molecule has 0 radical (unpaired) electrons. The van der Waals surface area contributed by atoms with Crippen LogP contribution in [-0.2, 0) is 13.0 Å². The third-order valence-electron chi connectivity index (χ3n) is 2.51. The van der Waals surface area contributed by atoms with Gasteiger partial charge in [-0.2, -0.15) is 0 Å². The van der Waals surface area contributed by atoms with Crippen molar-refractivity contribution in [3.63, 3.8) is 0 Å². The minimum absolute atomic E-state index is 0.239. The molecule has 0 unspecified atom stereocenters. The van der Waals surface area contributed by atoms with Crippen LogP contribution in [0.4, 0.5) is 0 Å². The Bertz CT molecular complexity index is 341. The lowest BCUT2D eigenvalue weighted by atomic mass is 9.92. The van der Waals surface area contributed by atoms with Crippen LogP contribution in [0.1, 0.15) is 43.5 Å². The SMILES string of the molecule is CNCc1c(C)nc(CC(C)(C)C)nc1C. The van der Waals surface area contributed by atoms with E-state index in [-0.39, 0.29) is 5.41 Å². The first kappa shape index (κ1) is 13.1. The van der Waals surface area contributed by atoms with Crippen LogP contribution in [0.2, 0.25) is 0 Å². The summed E-state index contributed by atoms with van der Waals surface area (Å²) in [6.07, 6.45) is 0.925. The summed E-state index contributed by atoms with van der Waals surface area (Å²) in [5, 5.41) is 3.15. The Morgan fingerprint density at radius 2 is 1.56 bits per heavy atom. The lowest BCUT2D eigenvalue weighted by molar-refractivity contribution is 0.399. The van der Waals surface area contributed by atoms with Gasteiger partial charge < -0.3 is 5.32 Å². The van der Waals surface area contributed by atoms with Crippen molar-refractivity contribution in [2.75, 3.05) is 7.05 Å². The molecule has 1 rings (SSSR count). The Morgan fingerprint density at radius 1 is 1.06 bits per heavy atom. The van der Waals surface area contributed by atoms with Crippen LogP contribution in [0.3, 0.4) is 0 Å². The van der Waals surface area contributed by atoms with Crippen LogP contribution < -0.4 is 5.32 Å². The predicted octanol–water partition coefficient (Wildman–Crippen LogP) is 2.40. The van der Waals surface area contributed by atoms with E-state index in [4.69, 9.17) is 0 Å². The normalized spacial score (nSPS) is 11.9. The van der Waals surface area contributed by atoms with Gasteiger partial charge in [-0.25, -0.2) is 9.97 Å². The van der Waals surface area contributed by atoms with Crippen molar-refractivity contribution >= 4 is 0 Å². The van der Waals surface area contributed by atoms with Crippen molar-refractivity contribution in [2.45, 2.75) is 47.6 Å². The summed E-state index contributed by atoms with van der Waals surface area (Å²) in [5.74, 6) is 0.961. The number of hydrogen-bond acceptors (Lipinski definition) is 3. The number of hydrogen-bond donors (Lipinski definition) is 1. The van der Waals surface area contributed by atoms with Crippen molar-refractivity contribution in [2.24, 2.45) is 5.41 Å². The third-order valence-corrected chi connectivity index (χ3v) is 2.51. The van der Waals surface area contributed by atoms with Crippen molar-refractivity contribution in [1.82, 2.24) is 15.3 Å². The predicted molar refractivity (Wildman–Crippen MR) is 67.4 cm³/mol. The first-order valence-electron chi connectivity index (χ1n) is 5.81. The molecular formula is C13H23N3. The maximum atomic E-state index is 4.59. The minimum atomic E-state index is 0.239. The molecule has 0 bridgehead atoms. The van der Waals surface area contributed by atoms with E-state index in [9.17, 15) is 0 Å². The summed E-state index contributed by atoms with van der Waals surface area (Å²) in [7, 11) is 1.95.